The van der Waals surface area contributed by atoms with Crippen LogP contribution in [-0.2, 0) is 75.1 Å². The molecule has 99 heavy (non-hydrogen) atoms. The Morgan fingerprint density at radius 3 is 1.54 bits per heavy atom. The van der Waals surface area contributed by atoms with E-state index >= 15 is 19.2 Å². The lowest BCUT2D eigenvalue weighted by molar-refractivity contribution is -0.151. The van der Waals surface area contributed by atoms with Crippen LogP contribution in [0.5, 0.6) is 0 Å². The minimum Gasteiger partial charge on any atom is -0.391 e. The summed E-state index contributed by atoms with van der Waals surface area (Å²) in [4.78, 5) is 188. The predicted molar refractivity (Wildman–Crippen MR) is 376 cm³/mol. The maximum atomic E-state index is 15.4. The lowest BCUT2D eigenvalue weighted by atomic mass is 9.98. The van der Waals surface area contributed by atoms with Gasteiger partial charge in [0.15, 0.2) is 0 Å². The van der Waals surface area contributed by atoms with Gasteiger partial charge in [0.25, 0.3) is 0 Å². The fourth-order valence-corrected chi connectivity index (χ4v) is 12.0. The highest BCUT2D eigenvalue weighted by molar-refractivity contribution is 6.00. The maximum Gasteiger partial charge on any atom is 0.248 e. The zero-order chi connectivity index (χ0) is 74.3. The lowest BCUT2D eigenvalue weighted by Gasteiger charge is -2.37. The monoisotopic (exact) mass is 1380 g/mol. The van der Waals surface area contributed by atoms with Crippen LogP contribution in [0.25, 0.3) is 0 Å². The average Bonchev–Trinajstić information content (AvgIpc) is 0.914. The van der Waals surface area contributed by atoms with Crippen molar-refractivity contribution in [2.45, 2.75) is 220 Å². The molecule has 4 rings (SSSR count). The number of piperidine rings is 1. The summed E-state index contributed by atoms with van der Waals surface area (Å²) in [5.41, 5.74) is 0.446. The second-order valence-corrected chi connectivity index (χ2v) is 29.0. The third kappa shape index (κ3) is 25.0. The number of carbonyl (C=O) groups is 12. The van der Waals surface area contributed by atoms with Crippen molar-refractivity contribution in [2.75, 3.05) is 81.6 Å². The Balaban J connectivity index is 1.96. The van der Waals surface area contributed by atoms with Crippen molar-refractivity contribution in [3.63, 3.8) is 0 Å². The number of carbonyl (C=O) groups excluding carboxylic acids is 12. The fourth-order valence-electron chi connectivity index (χ4n) is 12.0. The van der Waals surface area contributed by atoms with Gasteiger partial charge in [-0.15, -0.1) is 0 Å². The molecule has 0 unspecified atom stereocenters. The lowest BCUT2D eigenvalue weighted by Crippen LogP contribution is -2.62. The molecule has 0 bridgehead atoms. The van der Waals surface area contributed by atoms with Crippen LogP contribution < -0.4 is 21.3 Å². The molecule has 2 heterocycles. The molecular weight excluding hydrogens is 1270 g/mol. The van der Waals surface area contributed by atoms with E-state index in [1.165, 1.54) is 80.6 Å². The van der Waals surface area contributed by atoms with Gasteiger partial charge in [0, 0.05) is 74.8 Å². The summed E-state index contributed by atoms with van der Waals surface area (Å²) in [5.74, 6) is -9.83. The predicted octanol–water partition coefficient (Wildman–Crippen LogP) is 3.40. The number of benzene rings is 2. The number of hydrogen-bond acceptors (Lipinski definition) is 14. The summed E-state index contributed by atoms with van der Waals surface area (Å²) in [6, 6.07) is 5.33. The quantitative estimate of drug-likeness (QED) is 0.142. The normalized spacial score (nSPS) is 24.5. The van der Waals surface area contributed by atoms with Gasteiger partial charge in [-0.2, -0.15) is 0 Å². The van der Waals surface area contributed by atoms with Crippen molar-refractivity contribution < 1.29 is 67.4 Å². The molecule has 0 radical (unpaired) electrons. The van der Waals surface area contributed by atoms with Gasteiger partial charge in [0.2, 0.25) is 70.9 Å². The van der Waals surface area contributed by atoms with Crippen LogP contribution in [0.15, 0.2) is 60.7 Å². The number of hydrogen-bond donors (Lipinski definition) is 5. The second kappa shape index (κ2) is 39.1. The molecule has 10 atom stereocenters. The molecular formula is C73H116N12O14. The average molecular weight is 1390 g/mol. The van der Waals surface area contributed by atoms with E-state index in [9.17, 15) is 43.5 Å². The van der Waals surface area contributed by atoms with Crippen LogP contribution in [0.1, 0.15) is 152 Å². The largest absolute Gasteiger partial charge is 0.391 e. The van der Waals surface area contributed by atoms with E-state index in [2.05, 4.69) is 21.3 Å². The molecule has 0 aliphatic carbocycles. The fraction of sp³-hybridized carbons (Fsp3) is 0.671. The number of amides is 12. The van der Waals surface area contributed by atoms with E-state index in [4.69, 9.17) is 4.74 Å². The van der Waals surface area contributed by atoms with Crippen LogP contribution in [0, 0.1) is 17.8 Å². The molecule has 0 aromatic heterocycles. The molecule has 0 saturated carbocycles. The Morgan fingerprint density at radius 1 is 0.545 bits per heavy atom. The van der Waals surface area contributed by atoms with E-state index in [1.807, 2.05) is 34.6 Å². The van der Waals surface area contributed by atoms with Gasteiger partial charge < -0.3 is 70.3 Å². The number of likely N-dealkylation sites (N-methyl/N-ethyl adjacent to an activating group) is 6. The Hall–Kier alpha value is -8.00. The second-order valence-electron chi connectivity index (χ2n) is 29.0. The first kappa shape index (κ1) is 83.4. The first-order chi connectivity index (χ1) is 46.4. The number of rotatable bonds is 17. The molecule has 5 N–H and O–H groups in total. The summed E-state index contributed by atoms with van der Waals surface area (Å²) >= 11 is 0. The standard InChI is InChI=1S/C73H116N12O14/c1-19-20-28-37-85-44-61(89)81(16)58(41-52-33-26-22-27-34-52)70(96)83(18)56(39-47(4)5)66(92)75-54(45-99-73(10,11)12)68(94)82(17)55(38-46(2)3)65(91)74-53(69(95)84-35-29-23-30-36-84)42-59(87)78(13)43-60(88)80(15)57(40-51-31-24-21-25-32-51)67(93)76-62(48(6)7)71(97)79(14)49(8)64(90)77-63(50(9)86)72(85)98/h21-22,24-27,31-34,46-50,53-58,62-63,86H,19-20,23,28-30,35-45H2,1-18H3,(H,74,91)(H,75,92)(H,76,93)(H,77,90)/t49-,50+,53-,54-,55-,56-,57-,58-,62-,63-/m0/s1. The number of ether oxygens (including phenoxy) is 1. The molecule has 2 fully saturated rings. The van der Waals surface area contributed by atoms with Crippen LogP contribution in [0.3, 0.4) is 0 Å². The third-order valence-corrected chi connectivity index (χ3v) is 18.5. The summed E-state index contributed by atoms with van der Waals surface area (Å²) in [6.07, 6.45) is 1.87. The Morgan fingerprint density at radius 2 is 1.03 bits per heavy atom. The summed E-state index contributed by atoms with van der Waals surface area (Å²) < 4.78 is 6.21. The first-order valence-corrected chi connectivity index (χ1v) is 35.1. The Bertz CT molecular complexity index is 3050. The number of unbranched alkanes of at least 4 members (excludes halogenated alkanes) is 2. The zero-order valence-electron chi connectivity index (χ0n) is 62.1. The van der Waals surface area contributed by atoms with E-state index in [0.717, 1.165) is 22.6 Å². The van der Waals surface area contributed by atoms with Gasteiger partial charge in [-0.3, -0.25) is 57.5 Å². The third-order valence-electron chi connectivity index (χ3n) is 18.5. The van der Waals surface area contributed by atoms with Crippen molar-refractivity contribution in [1.29, 1.82) is 0 Å². The van der Waals surface area contributed by atoms with Crippen LogP contribution >= 0.6 is 0 Å². The van der Waals surface area contributed by atoms with Gasteiger partial charge in [-0.25, -0.2) is 0 Å². The van der Waals surface area contributed by atoms with Crippen LogP contribution in [0.4, 0.5) is 0 Å². The van der Waals surface area contributed by atoms with Crippen molar-refractivity contribution >= 4 is 70.9 Å². The van der Waals surface area contributed by atoms with Crippen molar-refractivity contribution in [3.8, 4) is 0 Å². The molecule has 26 nitrogen and oxygen atoms in total. The molecule has 552 valence electrons. The highest BCUT2D eigenvalue weighted by Gasteiger charge is 2.43. The van der Waals surface area contributed by atoms with E-state index < -0.39 is 169 Å². The number of aliphatic hydroxyl groups excluding tert-OH is 1. The van der Waals surface area contributed by atoms with Crippen molar-refractivity contribution in [1.82, 2.24) is 60.5 Å². The maximum absolute atomic E-state index is 15.4. The van der Waals surface area contributed by atoms with E-state index in [-0.39, 0.29) is 44.1 Å². The van der Waals surface area contributed by atoms with Gasteiger partial charge in [-0.05, 0) is 102 Å². The molecule has 26 heteroatoms. The zero-order valence-corrected chi connectivity index (χ0v) is 62.1. The number of nitrogens with one attached hydrogen (secondary N) is 4. The molecule has 0 spiro atoms. The molecule has 2 aromatic carbocycles. The Labute approximate surface area is 587 Å². The minimum atomic E-state index is -1.65. The summed E-state index contributed by atoms with van der Waals surface area (Å²) in [6.45, 7) is 19.8. The first-order valence-electron chi connectivity index (χ1n) is 35.1. The minimum absolute atomic E-state index is 0.000407. The van der Waals surface area contributed by atoms with Crippen LogP contribution in [-0.4, -0.2) is 263 Å². The van der Waals surface area contributed by atoms with Gasteiger partial charge in [0.1, 0.15) is 54.4 Å². The van der Waals surface area contributed by atoms with E-state index in [0.29, 0.717) is 49.9 Å². The number of aliphatic hydroxyl groups is 1. The molecule has 2 saturated heterocycles. The number of likely N-dealkylation sites (tertiary alicyclic amines) is 1. The highest BCUT2D eigenvalue weighted by atomic mass is 16.5. The van der Waals surface area contributed by atoms with Gasteiger partial charge >= 0.3 is 0 Å². The smallest absolute Gasteiger partial charge is 0.248 e. The summed E-state index contributed by atoms with van der Waals surface area (Å²) in [7, 11) is 8.34. The Kier molecular flexibility index (Phi) is 33.0. The van der Waals surface area contributed by atoms with Gasteiger partial charge in [0.05, 0.1) is 37.8 Å². The summed E-state index contributed by atoms with van der Waals surface area (Å²) in [5, 5.41) is 22.5. The molecule has 12 amide bonds. The van der Waals surface area contributed by atoms with Gasteiger partial charge in [-0.1, -0.05) is 122 Å². The molecule has 2 aliphatic heterocycles. The topological polar surface area (TPSA) is 308 Å². The number of nitrogens with zero attached hydrogens (tertiary/aromatic N) is 8. The van der Waals surface area contributed by atoms with Crippen LogP contribution in [0.2, 0.25) is 0 Å². The molecule has 2 aromatic rings. The van der Waals surface area contributed by atoms with Crippen molar-refractivity contribution in [3.05, 3.63) is 71.8 Å². The highest BCUT2D eigenvalue weighted by Crippen LogP contribution is 2.22. The van der Waals surface area contributed by atoms with Crippen molar-refractivity contribution in [2.24, 2.45) is 17.8 Å². The SMILES string of the molecule is CCCCCN1CC(=O)N(C)[C@@H](Cc2ccccc2)C(=O)N(C)[C@@H](CC(C)C)C(=O)N[C@@H](COC(C)(C)C)C(=O)N(C)[C@@H](CC(C)C)C(=O)N[C@H](C(=O)N2CCCCC2)CC(=O)N(C)CC(=O)N(C)[C@@H](Cc2ccccc2)C(=O)N[C@@H](C(C)C)C(=O)N(C)[C@@H](C)C(=O)N[C@@H]([C@@H](C)O)C1=O. The molecule has 2 aliphatic rings. The van der Waals surface area contributed by atoms with E-state index in [1.54, 1.807) is 100 Å².